The lowest BCUT2D eigenvalue weighted by atomic mass is 10.1. The first-order chi connectivity index (χ1) is 14.2. The molecular formula is C24H40N4O2. The number of nitrogens with zero attached hydrogens (tertiary/aromatic N) is 2. The first-order valence-corrected chi connectivity index (χ1v) is 11.1. The van der Waals surface area contributed by atoms with Crippen LogP contribution in [0.25, 0.3) is 0 Å². The number of rotatable bonds is 15. The van der Waals surface area contributed by atoms with Crippen LogP contribution in [-0.4, -0.2) is 48.9 Å². The van der Waals surface area contributed by atoms with Gasteiger partial charge in [-0.15, -0.1) is 0 Å². The second kappa shape index (κ2) is 13.2. The van der Waals surface area contributed by atoms with E-state index in [1.165, 1.54) is 18.9 Å². The predicted molar refractivity (Wildman–Crippen MR) is 125 cm³/mol. The lowest BCUT2D eigenvalue weighted by Crippen LogP contribution is -2.31. The van der Waals surface area contributed by atoms with E-state index < -0.39 is 11.6 Å². The van der Waals surface area contributed by atoms with Crippen LogP contribution in [0.5, 0.6) is 0 Å². The molecule has 6 nitrogen and oxygen atoms in total. The molecule has 0 amide bonds. The summed E-state index contributed by atoms with van der Waals surface area (Å²) in [7, 11) is 0. The Hall–Kier alpha value is -2.21. The fourth-order valence-electron chi connectivity index (χ4n) is 3.22. The number of allylic oxidation sites excluding steroid dienone is 3. The summed E-state index contributed by atoms with van der Waals surface area (Å²) in [6.45, 7) is 18.5. The molecule has 0 aromatic heterocycles. The number of aliphatic imine (C=N–C) groups is 1. The predicted octanol–water partition coefficient (Wildman–Crippen LogP) is 3.96. The zero-order chi connectivity index (χ0) is 22.7. The average molecular weight is 417 g/mol. The molecule has 0 aromatic rings. The molecule has 1 atom stereocenters. The van der Waals surface area contributed by atoms with Gasteiger partial charge in [-0.05, 0) is 58.4 Å². The Morgan fingerprint density at radius 1 is 1.23 bits per heavy atom. The number of Topliss-reactive ketones (excluding diaryl/α,β-unsaturated/α-hetero) is 2. The first-order valence-electron chi connectivity index (χ1n) is 11.1. The van der Waals surface area contributed by atoms with Gasteiger partial charge in [-0.2, -0.15) is 0 Å². The van der Waals surface area contributed by atoms with Crippen molar-refractivity contribution in [3.8, 4) is 0 Å². The largest absolute Gasteiger partial charge is 0.378 e. The minimum Gasteiger partial charge on any atom is -0.378 e. The molecule has 2 N–H and O–H groups in total. The zero-order valence-electron chi connectivity index (χ0n) is 19.7. The first kappa shape index (κ1) is 25.8. The molecule has 0 heterocycles. The van der Waals surface area contributed by atoms with E-state index >= 15 is 0 Å². The molecule has 1 saturated carbocycles. The Morgan fingerprint density at radius 2 is 1.90 bits per heavy atom. The standard InChI is InChI=1S/C24H40N4O2/c1-8-12-28(15-17(3)9-2)16-18(4)13-22(14-25-7)26-19(5)23(24(30)20(6)29)27-21-10-11-21/h13-14,17,21,26-27H,7-12,15-16H2,1-6H3/b18-13-,22-14+,23-19-. The van der Waals surface area contributed by atoms with Crippen molar-refractivity contribution in [1.29, 1.82) is 0 Å². The Kier molecular flexibility index (Phi) is 11.3. The van der Waals surface area contributed by atoms with Crippen LogP contribution in [0.3, 0.4) is 0 Å². The Balaban J connectivity index is 3.00. The van der Waals surface area contributed by atoms with E-state index in [1.807, 2.05) is 6.08 Å². The number of carbonyl (C=O) groups excluding carboxylic acids is 2. The topological polar surface area (TPSA) is 73.8 Å². The number of hydrogen-bond acceptors (Lipinski definition) is 6. The van der Waals surface area contributed by atoms with Crippen LogP contribution < -0.4 is 10.6 Å². The van der Waals surface area contributed by atoms with E-state index in [0.29, 0.717) is 17.3 Å². The maximum absolute atomic E-state index is 12.4. The van der Waals surface area contributed by atoms with Crippen LogP contribution in [0.4, 0.5) is 0 Å². The SMILES string of the molecule is C=N/C=C(\C=C(\C)CN(CCC)CC(C)CC)N/C(C)=C(\NC1CC1)C(=O)C(C)=O. The highest BCUT2D eigenvalue weighted by molar-refractivity contribution is 6.42. The molecule has 0 aromatic carbocycles. The van der Waals surface area contributed by atoms with Gasteiger partial charge in [0.2, 0.25) is 11.6 Å². The van der Waals surface area contributed by atoms with E-state index in [4.69, 9.17) is 0 Å². The van der Waals surface area contributed by atoms with Crippen molar-refractivity contribution >= 4 is 18.3 Å². The number of hydrogen-bond donors (Lipinski definition) is 2. The van der Waals surface area contributed by atoms with Crippen LogP contribution >= 0.6 is 0 Å². The van der Waals surface area contributed by atoms with Gasteiger partial charge in [0.05, 0.1) is 5.70 Å². The Bertz CT molecular complexity index is 702. The lowest BCUT2D eigenvalue weighted by molar-refractivity contribution is -0.133. The molecule has 0 radical (unpaired) electrons. The summed E-state index contributed by atoms with van der Waals surface area (Å²) in [5.41, 5.74) is 2.89. The summed E-state index contributed by atoms with van der Waals surface area (Å²) in [6, 6.07) is 0.269. The van der Waals surface area contributed by atoms with Crippen molar-refractivity contribution in [2.75, 3.05) is 19.6 Å². The van der Waals surface area contributed by atoms with Crippen LogP contribution in [0.15, 0.2) is 39.9 Å². The number of ketones is 2. The maximum atomic E-state index is 12.4. The van der Waals surface area contributed by atoms with Gasteiger partial charge in [0.1, 0.15) is 5.70 Å². The summed E-state index contributed by atoms with van der Waals surface area (Å²) in [5.74, 6) is -0.314. The molecule has 1 aliphatic rings. The zero-order valence-corrected chi connectivity index (χ0v) is 19.7. The maximum Gasteiger partial charge on any atom is 0.245 e. The molecule has 0 spiro atoms. The van der Waals surface area contributed by atoms with Crippen LogP contribution in [-0.2, 0) is 9.59 Å². The van der Waals surface area contributed by atoms with Crippen LogP contribution in [0.2, 0.25) is 0 Å². The van der Waals surface area contributed by atoms with E-state index in [1.54, 1.807) is 13.1 Å². The molecule has 168 valence electrons. The molecule has 0 aliphatic heterocycles. The van der Waals surface area contributed by atoms with Gasteiger partial charge in [-0.1, -0.05) is 32.8 Å². The van der Waals surface area contributed by atoms with Crippen LogP contribution in [0.1, 0.15) is 67.2 Å². The van der Waals surface area contributed by atoms with E-state index in [9.17, 15) is 9.59 Å². The summed E-state index contributed by atoms with van der Waals surface area (Å²) in [5, 5.41) is 6.45. The van der Waals surface area contributed by atoms with Crippen molar-refractivity contribution < 1.29 is 9.59 Å². The lowest BCUT2D eigenvalue weighted by Gasteiger charge is -2.25. The van der Waals surface area contributed by atoms with Crippen LogP contribution in [0, 0.1) is 5.92 Å². The number of carbonyl (C=O) groups is 2. The van der Waals surface area contributed by atoms with Gasteiger partial charge in [0.15, 0.2) is 0 Å². The monoisotopic (exact) mass is 416 g/mol. The molecule has 1 fully saturated rings. The average Bonchev–Trinajstić information content (AvgIpc) is 3.49. The highest BCUT2D eigenvalue weighted by Crippen LogP contribution is 2.21. The number of nitrogens with one attached hydrogen (secondary N) is 2. The fourth-order valence-corrected chi connectivity index (χ4v) is 3.22. The van der Waals surface area contributed by atoms with Gasteiger partial charge in [-0.3, -0.25) is 19.5 Å². The normalized spacial score (nSPS) is 16.8. The van der Waals surface area contributed by atoms with Gasteiger partial charge in [0.25, 0.3) is 0 Å². The van der Waals surface area contributed by atoms with E-state index in [2.05, 4.69) is 54.9 Å². The van der Waals surface area contributed by atoms with Crippen molar-refractivity contribution in [2.24, 2.45) is 10.9 Å². The third-order valence-corrected chi connectivity index (χ3v) is 5.09. The second-order valence-corrected chi connectivity index (χ2v) is 8.44. The van der Waals surface area contributed by atoms with Crippen molar-refractivity contribution in [3.63, 3.8) is 0 Å². The highest BCUT2D eigenvalue weighted by atomic mass is 16.2. The minimum atomic E-state index is -0.499. The van der Waals surface area contributed by atoms with Crippen molar-refractivity contribution in [3.05, 3.63) is 34.9 Å². The Labute approximate surface area is 182 Å². The minimum absolute atomic E-state index is 0.269. The second-order valence-electron chi connectivity index (χ2n) is 8.44. The molecule has 30 heavy (non-hydrogen) atoms. The summed E-state index contributed by atoms with van der Waals surface area (Å²) < 4.78 is 0. The van der Waals surface area contributed by atoms with E-state index in [-0.39, 0.29) is 6.04 Å². The summed E-state index contributed by atoms with van der Waals surface area (Å²) in [4.78, 5) is 30.4. The van der Waals surface area contributed by atoms with Crippen molar-refractivity contribution in [1.82, 2.24) is 15.5 Å². The van der Waals surface area contributed by atoms with Gasteiger partial charge in [-0.25, -0.2) is 0 Å². The molecule has 0 saturated heterocycles. The summed E-state index contributed by atoms with van der Waals surface area (Å²) >= 11 is 0. The molecule has 6 heteroatoms. The van der Waals surface area contributed by atoms with Gasteiger partial charge in [0, 0.05) is 38.0 Å². The quantitative estimate of drug-likeness (QED) is 0.183. The Morgan fingerprint density at radius 3 is 2.40 bits per heavy atom. The molecule has 1 aliphatic carbocycles. The third kappa shape index (κ3) is 9.53. The third-order valence-electron chi connectivity index (χ3n) is 5.09. The van der Waals surface area contributed by atoms with Gasteiger partial charge < -0.3 is 10.6 Å². The molecule has 1 unspecified atom stereocenters. The fraction of sp³-hybridized carbons (Fsp3) is 0.625. The molecule has 1 rings (SSSR count). The smallest absolute Gasteiger partial charge is 0.245 e. The molecule has 0 bridgehead atoms. The van der Waals surface area contributed by atoms with Gasteiger partial charge >= 0.3 is 0 Å². The molecular weight excluding hydrogens is 376 g/mol. The highest BCUT2D eigenvalue weighted by Gasteiger charge is 2.27. The van der Waals surface area contributed by atoms with Crippen molar-refractivity contribution in [2.45, 2.75) is 73.3 Å². The summed E-state index contributed by atoms with van der Waals surface area (Å²) in [6.07, 6.45) is 7.98. The van der Waals surface area contributed by atoms with E-state index in [0.717, 1.165) is 44.6 Å².